The third kappa shape index (κ3) is 5.29. The van der Waals surface area contributed by atoms with E-state index in [9.17, 15) is 4.39 Å². The molecule has 0 nitrogen and oxygen atoms in total. The largest absolute Gasteiger partial charge is 0.207 e. The first kappa shape index (κ1) is 11.9. The monoisotopic (exact) mass is 142 g/mol. The van der Waals surface area contributed by atoms with Crippen molar-refractivity contribution >= 4 is 0 Å². The van der Waals surface area contributed by atoms with Gasteiger partial charge < -0.3 is 0 Å². The van der Waals surface area contributed by atoms with Crippen LogP contribution in [0.5, 0.6) is 0 Å². The van der Waals surface area contributed by atoms with E-state index in [-0.39, 0.29) is 5.83 Å². The average Bonchev–Trinajstić information content (AvgIpc) is 2.05. The molecule has 0 atom stereocenters. The second kappa shape index (κ2) is 8.15. The second-order valence-electron chi connectivity index (χ2n) is 1.44. The number of hydrogen-bond donors (Lipinski definition) is 0. The van der Waals surface area contributed by atoms with Crippen LogP contribution < -0.4 is 0 Å². The highest BCUT2D eigenvalue weighted by Gasteiger charge is 1.87. The fraction of sp³-hybridized carbons (Fsp3) is 0.333. The molecule has 0 aromatic carbocycles. The van der Waals surface area contributed by atoms with Crippen molar-refractivity contribution in [3.63, 3.8) is 0 Å². The molecule has 0 aliphatic heterocycles. The topological polar surface area (TPSA) is 0 Å². The maximum Gasteiger partial charge on any atom is 0.125 e. The minimum absolute atomic E-state index is 0.306. The quantitative estimate of drug-likeness (QED) is 0.516. The Kier molecular flexibility index (Phi) is 9.69. The van der Waals surface area contributed by atoms with Crippen LogP contribution in [0.3, 0.4) is 0 Å². The van der Waals surface area contributed by atoms with E-state index < -0.39 is 0 Å². The average molecular weight is 142 g/mol. The number of allylic oxidation sites excluding steroid dienone is 4. The van der Waals surface area contributed by atoms with E-state index in [0.717, 1.165) is 6.08 Å². The second-order valence-corrected chi connectivity index (χ2v) is 1.44. The summed E-state index contributed by atoms with van der Waals surface area (Å²) in [5.41, 5.74) is 0.528. The van der Waals surface area contributed by atoms with Crippen molar-refractivity contribution in [1.29, 1.82) is 0 Å². The molecule has 0 spiro atoms. The molecular formula is C9H15F. The lowest BCUT2D eigenvalue weighted by Crippen LogP contribution is -1.69. The van der Waals surface area contributed by atoms with Gasteiger partial charge in [-0.25, -0.2) is 4.39 Å². The molecule has 58 valence electrons. The number of halogens is 1. The van der Waals surface area contributed by atoms with Crippen molar-refractivity contribution in [3.05, 3.63) is 36.7 Å². The normalized spacial score (nSPS) is 10.4. The summed E-state index contributed by atoms with van der Waals surface area (Å²) < 4.78 is 12.2. The lowest BCUT2D eigenvalue weighted by molar-refractivity contribution is 0.659. The molecule has 0 bridgehead atoms. The first-order valence-corrected chi connectivity index (χ1v) is 3.33. The van der Waals surface area contributed by atoms with Gasteiger partial charge in [-0.2, -0.15) is 0 Å². The van der Waals surface area contributed by atoms with Gasteiger partial charge in [-0.3, -0.25) is 0 Å². The summed E-state index contributed by atoms with van der Waals surface area (Å²) >= 11 is 0. The summed E-state index contributed by atoms with van der Waals surface area (Å²) in [5, 5.41) is 0. The van der Waals surface area contributed by atoms with Gasteiger partial charge in [-0.1, -0.05) is 33.1 Å². The van der Waals surface area contributed by atoms with Gasteiger partial charge in [-0.05, 0) is 18.6 Å². The van der Waals surface area contributed by atoms with Crippen molar-refractivity contribution in [2.45, 2.75) is 20.8 Å². The standard InChI is InChI=1S/C7H9F.C2H6/c1-4-6(3)7(8)5-2;1-2/h4-5H,1-2H2,3H3;1-2H3/b7-6+;. The van der Waals surface area contributed by atoms with Crippen molar-refractivity contribution in [2.24, 2.45) is 0 Å². The number of hydrogen-bond acceptors (Lipinski definition) is 0. The van der Waals surface area contributed by atoms with Crippen LogP contribution in [-0.4, -0.2) is 0 Å². The highest BCUT2D eigenvalue weighted by atomic mass is 19.1. The highest BCUT2D eigenvalue weighted by Crippen LogP contribution is 2.05. The molecule has 0 heterocycles. The van der Waals surface area contributed by atoms with Crippen LogP contribution in [0.25, 0.3) is 0 Å². The Balaban J connectivity index is 0. The Bertz CT molecular complexity index is 116. The Hall–Kier alpha value is -0.850. The van der Waals surface area contributed by atoms with E-state index in [0.29, 0.717) is 5.57 Å². The Morgan fingerprint density at radius 2 is 1.60 bits per heavy atom. The van der Waals surface area contributed by atoms with Crippen molar-refractivity contribution in [3.8, 4) is 0 Å². The van der Waals surface area contributed by atoms with Gasteiger partial charge in [0.15, 0.2) is 0 Å². The van der Waals surface area contributed by atoms with Crippen LogP contribution in [0.1, 0.15) is 20.8 Å². The van der Waals surface area contributed by atoms with Crippen LogP contribution in [0.2, 0.25) is 0 Å². The van der Waals surface area contributed by atoms with Gasteiger partial charge in [-0.15, -0.1) is 0 Å². The number of rotatable bonds is 2. The van der Waals surface area contributed by atoms with Crippen LogP contribution in [0.4, 0.5) is 4.39 Å². The Morgan fingerprint density at radius 1 is 1.20 bits per heavy atom. The molecule has 0 amide bonds. The molecule has 1 heteroatoms. The van der Waals surface area contributed by atoms with Crippen LogP contribution in [-0.2, 0) is 0 Å². The molecule has 0 aliphatic carbocycles. The Labute approximate surface area is 62.8 Å². The summed E-state index contributed by atoms with van der Waals surface area (Å²) in [5.74, 6) is -0.306. The van der Waals surface area contributed by atoms with Crippen LogP contribution in [0, 0.1) is 0 Å². The Morgan fingerprint density at radius 3 is 1.70 bits per heavy atom. The van der Waals surface area contributed by atoms with E-state index in [1.165, 1.54) is 6.08 Å². The maximum atomic E-state index is 12.2. The molecule has 0 aromatic rings. The van der Waals surface area contributed by atoms with Crippen molar-refractivity contribution in [1.82, 2.24) is 0 Å². The minimum atomic E-state index is -0.306. The first-order valence-electron chi connectivity index (χ1n) is 3.33. The summed E-state index contributed by atoms with van der Waals surface area (Å²) in [4.78, 5) is 0. The predicted octanol–water partition coefficient (Wildman–Crippen LogP) is 3.63. The van der Waals surface area contributed by atoms with Gasteiger partial charge in [0.25, 0.3) is 0 Å². The molecule has 0 fully saturated rings. The van der Waals surface area contributed by atoms with E-state index in [1.807, 2.05) is 13.8 Å². The van der Waals surface area contributed by atoms with Gasteiger partial charge in [0.2, 0.25) is 0 Å². The van der Waals surface area contributed by atoms with E-state index in [4.69, 9.17) is 0 Å². The lowest BCUT2D eigenvalue weighted by Gasteiger charge is -1.87. The third-order valence-corrected chi connectivity index (χ3v) is 0.862. The van der Waals surface area contributed by atoms with Gasteiger partial charge >= 0.3 is 0 Å². The smallest absolute Gasteiger partial charge is 0.125 e. The lowest BCUT2D eigenvalue weighted by atomic mass is 10.3. The zero-order valence-electron chi connectivity index (χ0n) is 6.95. The molecular weight excluding hydrogens is 127 g/mol. The van der Waals surface area contributed by atoms with E-state index in [2.05, 4.69) is 13.2 Å². The molecule has 0 saturated heterocycles. The van der Waals surface area contributed by atoms with Gasteiger partial charge in [0, 0.05) is 0 Å². The van der Waals surface area contributed by atoms with Gasteiger partial charge in [0.1, 0.15) is 5.83 Å². The molecule has 0 unspecified atom stereocenters. The summed E-state index contributed by atoms with van der Waals surface area (Å²) in [7, 11) is 0. The fourth-order valence-electron chi connectivity index (χ4n) is 0.258. The van der Waals surface area contributed by atoms with Crippen LogP contribution in [0.15, 0.2) is 36.7 Å². The van der Waals surface area contributed by atoms with E-state index in [1.54, 1.807) is 6.92 Å². The molecule has 0 N–H and O–H groups in total. The molecule has 0 aliphatic rings. The molecule has 0 rings (SSSR count). The van der Waals surface area contributed by atoms with Gasteiger partial charge in [0.05, 0.1) is 0 Å². The fourth-order valence-corrected chi connectivity index (χ4v) is 0.258. The van der Waals surface area contributed by atoms with Crippen molar-refractivity contribution in [2.75, 3.05) is 0 Å². The summed E-state index contributed by atoms with van der Waals surface area (Å²) in [6.45, 7) is 12.3. The zero-order valence-corrected chi connectivity index (χ0v) is 6.95. The third-order valence-electron chi connectivity index (χ3n) is 0.862. The SMILES string of the molecule is C=C/C(C)=C(/F)C=C.CC. The molecule has 10 heavy (non-hydrogen) atoms. The molecule has 0 aromatic heterocycles. The minimum Gasteiger partial charge on any atom is -0.207 e. The molecule has 0 radical (unpaired) electrons. The first-order chi connectivity index (χ1) is 4.72. The highest BCUT2D eigenvalue weighted by molar-refractivity contribution is 5.23. The predicted molar refractivity (Wildman–Crippen MR) is 45.6 cm³/mol. The summed E-state index contributed by atoms with van der Waals surface area (Å²) in [6.07, 6.45) is 2.62. The van der Waals surface area contributed by atoms with E-state index >= 15 is 0 Å². The zero-order chi connectivity index (χ0) is 8.57. The maximum absolute atomic E-state index is 12.2. The van der Waals surface area contributed by atoms with Crippen molar-refractivity contribution < 1.29 is 4.39 Å². The van der Waals surface area contributed by atoms with Crippen LogP contribution >= 0.6 is 0 Å². The summed E-state index contributed by atoms with van der Waals surface area (Å²) in [6, 6.07) is 0. The molecule has 0 saturated carbocycles.